The highest BCUT2D eigenvalue weighted by atomic mass is 32.2. The summed E-state index contributed by atoms with van der Waals surface area (Å²) in [7, 11) is -1.73. The van der Waals surface area contributed by atoms with Gasteiger partial charge in [-0.3, -0.25) is 4.98 Å². The second-order valence-electron chi connectivity index (χ2n) is 6.05. The first-order valence-corrected chi connectivity index (χ1v) is 9.98. The number of nitrogens with zero attached hydrogens (tertiary/aromatic N) is 1. The van der Waals surface area contributed by atoms with Crippen molar-refractivity contribution in [2.75, 3.05) is 14.2 Å². The van der Waals surface area contributed by atoms with Crippen LogP contribution >= 0.6 is 0 Å². The van der Waals surface area contributed by atoms with Gasteiger partial charge in [0, 0.05) is 18.1 Å². The molecule has 0 fully saturated rings. The Labute approximate surface area is 167 Å². The fraction of sp³-hybridized carbons (Fsp3) is 0.150. The Hall–Kier alpha value is -3.30. The normalized spacial score (nSPS) is 11.2. The minimum atomic E-state index is -4.05. The third kappa shape index (κ3) is 4.41. The number of aromatic nitrogens is 1. The molecular formula is C20H18N2O6S. The molecule has 0 amide bonds. The van der Waals surface area contributed by atoms with E-state index in [2.05, 4.69) is 19.2 Å². The molecule has 0 bridgehead atoms. The molecule has 9 heteroatoms. The van der Waals surface area contributed by atoms with Crippen molar-refractivity contribution < 1.29 is 27.5 Å². The zero-order valence-corrected chi connectivity index (χ0v) is 16.5. The third-order valence-corrected chi connectivity index (χ3v) is 5.61. The molecule has 0 aliphatic carbocycles. The number of para-hydroxylation sites is 1. The van der Waals surface area contributed by atoms with Crippen LogP contribution in [0.3, 0.4) is 0 Å². The first kappa shape index (κ1) is 20.4. The molecule has 0 aliphatic rings. The van der Waals surface area contributed by atoms with Gasteiger partial charge in [0.2, 0.25) is 10.0 Å². The quantitative estimate of drug-likeness (QED) is 0.616. The van der Waals surface area contributed by atoms with Gasteiger partial charge in [-0.1, -0.05) is 24.3 Å². The van der Waals surface area contributed by atoms with E-state index < -0.39 is 22.0 Å². The first-order valence-electron chi connectivity index (χ1n) is 8.49. The average molecular weight is 414 g/mol. The highest BCUT2D eigenvalue weighted by molar-refractivity contribution is 7.89. The van der Waals surface area contributed by atoms with Gasteiger partial charge in [-0.25, -0.2) is 22.7 Å². The molecule has 3 aromatic rings. The molecule has 1 heterocycles. The van der Waals surface area contributed by atoms with E-state index in [-0.39, 0.29) is 22.6 Å². The van der Waals surface area contributed by atoms with Crippen molar-refractivity contribution in [1.82, 2.24) is 9.71 Å². The van der Waals surface area contributed by atoms with Crippen LogP contribution in [0.15, 0.2) is 59.6 Å². The molecule has 2 aromatic carbocycles. The smallest absolute Gasteiger partial charge is 0.337 e. The van der Waals surface area contributed by atoms with E-state index in [9.17, 15) is 18.0 Å². The van der Waals surface area contributed by atoms with Crippen LogP contribution in [0.2, 0.25) is 0 Å². The number of methoxy groups -OCH3 is 2. The first-order chi connectivity index (χ1) is 13.9. The number of rotatable bonds is 6. The fourth-order valence-electron chi connectivity index (χ4n) is 2.79. The molecule has 29 heavy (non-hydrogen) atoms. The van der Waals surface area contributed by atoms with Gasteiger partial charge >= 0.3 is 11.9 Å². The molecule has 0 spiro atoms. The number of carbonyl (C=O) groups excluding carboxylic acids is 2. The monoisotopic (exact) mass is 414 g/mol. The van der Waals surface area contributed by atoms with Crippen molar-refractivity contribution in [3.05, 3.63) is 71.4 Å². The highest BCUT2D eigenvalue weighted by Gasteiger charge is 2.21. The Morgan fingerprint density at radius 3 is 2.21 bits per heavy atom. The lowest BCUT2D eigenvalue weighted by Gasteiger charge is -2.11. The molecule has 1 N–H and O–H groups in total. The molecule has 8 nitrogen and oxygen atoms in total. The van der Waals surface area contributed by atoms with E-state index in [4.69, 9.17) is 0 Å². The molecule has 0 atom stereocenters. The van der Waals surface area contributed by atoms with Crippen LogP contribution in [0.25, 0.3) is 10.9 Å². The Bertz CT molecular complexity index is 1150. The Kier molecular flexibility index (Phi) is 5.90. The minimum absolute atomic E-state index is 0.0211. The van der Waals surface area contributed by atoms with Gasteiger partial charge in [0.25, 0.3) is 0 Å². The zero-order valence-electron chi connectivity index (χ0n) is 15.7. The molecule has 0 unspecified atom stereocenters. The predicted octanol–water partition coefficient (Wildman–Crippen LogP) is 2.29. The van der Waals surface area contributed by atoms with E-state index in [1.54, 1.807) is 24.4 Å². The van der Waals surface area contributed by atoms with Crippen molar-refractivity contribution in [1.29, 1.82) is 0 Å². The summed E-state index contributed by atoms with van der Waals surface area (Å²) >= 11 is 0. The average Bonchev–Trinajstić information content (AvgIpc) is 2.76. The molecule has 3 rings (SSSR count). The number of fused-ring (bicyclic) bond motifs is 1. The molecular weight excluding hydrogens is 396 g/mol. The van der Waals surface area contributed by atoms with E-state index in [1.165, 1.54) is 6.07 Å². The molecule has 1 aromatic heterocycles. The topological polar surface area (TPSA) is 112 Å². The third-order valence-electron chi connectivity index (χ3n) is 4.23. The zero-order chi connectivity index (χ0) is 21.0. The van der Waals surface area contributed by atoms with Crippen LogP contribution in [0.1, 0.15) is 26.3 Å². The number of hydrogen-bond acceptors (Lipinski definition) is 7. The minimum Gasteiger partial charge on any atom is -0.465 e. The number of hydrogen-bond donors (Lipinski definition) is 1. The van der Waals surface area contributed by atoms with Crippen LogP contribution in [0, 0.1) is 0 Å². The molecule has 0 radical (unpaired) electrons. The van der Waals surface area contributed by atoms with Crippen molar-refractivity contribution >= 4 is 32.9 Å². The van der Waals surface area contributed by atoms with Gasteiger partial charge in [0.1, 0.15) is 0 Å². The number of carbonyl (C=O) groups is 2. The van der Waals surface area contributed by atoms with Gasteiger partial charge in [0.05, 0.1) is 35.8 Å². The summed E-state index contributed by atoms with van der Waals surface area (Å²) in [5.74, 6) is -1.55. The van der Waals surface area contributed by atoms with E-state index in [0.717, 1.165) is 31.7 Å². The Balaban J connectivity index is 1.96. The molecule has 0 saturated carbocycles. The second kappa shape index (κ2) is 8.38. The lowest BCUT2D eigenvalue weighted by Crippen LogP contribution is -2.24. The maximum atomic E-state index is 12.8. The number of esters is 2. The number of benzene rings is 2. The van der Waals surface area contributed by atoms with Crippen molar-refractivity contribution in [2.24, 2.45) is 0 Å². The summed E-state index contributed by atoms with van der Waals surface area (Å²) in [5.41, 5.74) is 1.20. The number of pyridine rings is 1. The van der Waals surface area contributed by atoms with E-state index >= 15 is 0 Å². The summed E-state index contributed by atoms with van der Waals surface area (Å²) in [6, 6.07) is 12.6. The Morgan fingerprint density at radius 2 is 1.59 bits per heavy atom. The number of nitrogens with one attached hydrogen (secondary N) is 1. The van der Waals surface area contributed by atoms with Gasteiger partial charge in [-0.2, -0.15) is 0 Å². The SMILES string of the molecule is COC(=O)c1cc(C(=O)OC)cc(S(=O)(=O)NCc2cccc3cccnc23)c1. The standard InChI is InChI=1S/C20H18N2O6S/c1-27-19(23)15-9-16(20(24)28-2)11-17(10-15)29(25,26)22-12-14-6-3-5-13-7-4-8-21-18(13)14/h3-11,22H,12H2,1-2H3. The molecule has 150 valence electrons. The van der Waals surface area contributed by atoms with Crippen molar-refractivity contribution in [2.45, 2.75) is 11.4 Å². The lowest BCUT2D eigenvalue weighted by molar-refractivity contribution is 0.0598. The van der Waals surface area contributed by atoms with Gasteiger partial charge < -0.3 is 9.47 Å². The summed E-state index contributed by atoms with van der Waals surface area (Å²) in [6.07, 6.45) is 1.63. The van der Waals surface area contributed by atoms with Gasteiger partial charge in [0.15, 0.2) is 0 Å². The van der Waals surface area contributed by atoms with Crippen molar-refractivity contribution in [3.63, 3.8) is 0 Å². The lowest BCUT2D eigenvalue weighted by atomic mass is 10.1. The van der Waals surface area contributed by atoms with Gasteiger partial charge in [-0.15, -0.1) is 0 Å². The predicted molar refractivity (Wildman–Crippen MR) is 105 cm³/mol. The van der Waals surface area contributed by atoms with Gasteiger partial charge in [-0.05, 0) is 29.8 Å². The van der Waals surface area contributed by atoms with Crippen LogP contribution in [-0.4, -0.2) is 39.6 Å². The van der Waals surface area contributed by atoms with E-state index in [1.807, 2.05) is 12.1 Å². The maximum absolute atomic E-state index is 12.8. The molecule has 0 aliphatic heterocycles. The Morgan fingerprint density at radius 1 is 0.966 bits per heavy atom. The summed E-state index contributed by atoms with van der Waals surface area (Å²) in [6.45, 7) is -0.0211. The largest absolute Gasteiger partial charge is 0.465 e. The number of sulfonamides is 1. The van der Waals surface area contributed by atoms with E-state index in [0.29, 0.717) is 11.1 Å². The molecule has 0 saturated heterocycles. The maximum Gasteiger partial charge on any atom is 0.337 e. The van der Waals surface area contributed by atoms with Crippen LogP contribution in [0.5, 0.6) is 0 Å². The second-order valence-corrected chi connectivity index (χ2v) is 7.81. The number of ether oxygens (including phenoxy) is 2. The van der Waals surface area contributed by atoms with Crippen molar-refractivity contribution in [3.8, 4) is 0 Å². The van der Waals surface area contributed by atoms with Crippen LogP contribution in [-0.2, 0) is 26.0 Å². The summed E-state index contributed by atoms with van der Waals surface area (Å²) in [5, 5.41) is 0.880. The summed E-state index contributed by atoms with van der Waals surface area (Å²) in [4.78, 5) is 27.8. The summed E-state index contributed by atoms with van der Waals surface area (Å²) < 4.78 is 37.4. The fourth-order valence-corrected chi connectivity index (χ4v) is 3.87. The van der Waals surface area contributed by atoms with Crippen LogP contribution in [0.4, 0.5) is 0 Å². The highest BCUT2D eigenvalue weighted by Crippen LogP contribution is 2.19. The van der Waals surface area contributed by atoms with Crippen LogP contribution < -0.4 is 4.72 Å².